The van der Waals surface area contributed by atoms with Crippen molar-refractivity contribution in [1.82, 2.24) is 19.8 Å². The number of pyridine rings is 1. The number of likely N-dealkylation sites (tertiary alicyclic amines) is 2. The smallest absolute Gasteiger partial charge is 0.475 e. The van der Waals surface area contributed by atoms with Crippen molar-refractivity contribution in [3.05, 3.63) is 46.7 Å². The molecule has 204 valence electrons. The van der Waals surface area contributed by atoms with Crippen LogP contribution >= 0.6 is 11.3 Å². The zero-order chi connectivity index (χ0) is 27.9. The van der Waals surface area contributed by atoms with Crippen LogP contribution in [0.15, 0.2) is 36.1 Å². The van der Waals surface area contributed by atoms with Gasteiger partial charge in [0, 0.05) is 43.6 Å². The first-order valence-corrected chi connectivity index (χ1v) is 11.4. The molecule has 2 aromatic heterocycles. The number of amides is 1. The minimum Gasteiger partial charge on any atom is -0.475 e. The van der Waals surface area contributed by atoms with Crippen molar-refractivity contribution in [3.63, 3.8) is 0 Å². The highest BCUT2D eigenvalue weighted by atomic mass is 32.1. The van der Waals surface area contributed by atoms with E-state index in [4.69, 9.17) is 19.8 Å². The van der Waals surface area contributed by atoms with Gasteiger partial charge in [-0.2, -0.15) is 26.3 Å². The fraction of sp³-hybridized carbons (Fsp3) is 0.476. The molecule has 0 saturated carbocycles. The van der Waals surface area contributed by atoms with E-state index >= 15 is 0 Å². The summed E-state index contributed by atoms with van der Waals surface area (Å²) in [7, 11) is 0. The Morgan fingerprint density at radius 3 is 2.08 bits per heavy atom. The molecule has 2 aromatic rings. The second kappa shape index (κ2) is 12.3. The highest BCUT2D eigenvalue weighted by molar-refractivity contribution is 7.09. The van der Waals surface area contributed by atoms with Gasteiger partial charge in [-0.1, -0.05) is 6.07 Å². The fourth-order valence-corrected chi connectivity index (χ4v) is 4.41. The number of hydrogen-bond acceptors (Lipinski definition) is 7. The average Bonchev–Trinajstić information content (AvgIpc) is 3.53. The third-order valence-corrected chi connectivity index (χ3v) is 6.22. The number of carbonyl (C=O) groups is 3. The molecule has 2 aliphatic rings. The molecule has 9 nitrogen and oxygen atoms in total. The Labute approximate surface area is 210 Å². The maximum absolute atomic E-state index is 12.9. The van der Waals surface area contributed by atoms with Gasteiger partial charge >= 0.3 is 24.3 Å². The quantitative estimate of drug-likeness (QED) is 0.550. The number of alkyl halides is 6. The van der Waals surface area contributed by atoms with Crippen LogP contribution in [0.2, 0.25) is 0 Å². The number of carbonyl (C=O) groups excluding carboxylic acids is 1. The van der Waals surface area contributed by atoms with Crippen molar-refractivity contribution in [2.24, 2.45) is 5.41 Å². The SMILES string of the molecule is O=C(O)C(F)(F)F.O=C(O)C(F)(F)F.O=C1N(Cc2cccnc2)CCC12CCN(Cc1nccs1)C2. The lowest BCUT2D eigenvalue weighted by Crippen LogP contribution is -2.36. The van der Waals surface area contributed by atoms with Crippen LogP contribution in [0.5, 0.6) is 0 Å². The Balaban J connectivity index is 0.000000286. The van der Waals surface area contributed by atoms with Gasteiger partial charge in [0.05, 0.1) is 12.0 Å². The van der Waals surface area contributed by atoms with Gasteiger partial charge in [0.25, 0.3) is 0 Å². The molecule has 4 rings (SSSR count). The summed E-state index contributed by atoms with van der Waals surface area (Å²) < 4.78 is 63.5. The molecule has 0 aliphatic carbocycles. The molecular weight excluding hydrogens is 534 g/mol. The van der Waals surface area contributed by atoms with Crippen molar-refractivity contribution < 1.29 is 50.9 Å². The van der Waals surface area contributed by atoms with Gasteiger partial charge in [-0.3, -0.25) is 14.7 Å². The van der Waals surface area contributed by atoms with Gasteiger partial charge in [0.2, 0.25) is 5.91 Å². The van der Waals surface area contributed by atoms with E-state index in [1.54, 1.807) is 17.5 Å². The summed E-state index contributed by atoms with van der Waals surface area (Å²) in [6, 6.07) is 3.96. The first kappa shape index (κ1) is 30.0. The number of halogens is 6. The molecule has 37 heavy (non-hydrogen) atoms. The van der Waals surface area contributed by atoms with Gasteiger partial charge in [-0.25, -0.2) is 14.6 Å². The third kappa shape index (κ3) is 8.96. The molecule has 0 aromatic carbocycles. The molecule has 1 amide bonds. The summed E-state index contributed by atoms with van der Waals surface area (Å²) in [5.74, 6) is -5.19. The summed E-state index contributed by atoms with van der Waals surface area (Å²) in [6.07, 6.45) is -2.75. The number of nitrogens with zero attached hydrogens (tertiary/aromatic N) is 4. The molecule has 2 aliphatic heterocycles. The zero-order valence-electron chi connectivity index (χ0n) is 19.0. The largest absolute Gasteiger partial charge is 0.490 e. The standard InChI is InChI=1S/C17H20N4OS.2C2HF3O2/c22-16-17(3-7-20(13-17)12-15-19-6-9-23-15)4-8-21(16)11-14-2-1-5-18-10-14;2*3-2(4,5)1(6)7/h1-2,5-6,9-10H,3-4,7-8,11-13H2;2*(H,6,7). The molecule has 2 saturated heterocycles. The molecule has 4 heterocycles. The van der Waals surface area contributed by atoms with Crippen molar-refractivity contribution in [3.8, 4) is 0 Å². The molecular formula is C21H22F6N4O5S. The molecule has 1 atom stereocenters. The van der Waals surface area contributed by atoms with Crippen LogP contribution in [0.3, 0.4) is 0 Å². The van der Waals surface area contributed by atoms with E-state index < -0.39 is 24.3 Å². The molecule has 1 unspecified atom stereocenters. The predicted octanol–water partition coefficient (Wildman–Crippen LogP) is 3.43. The van der Waals surface area contributed by atoms with E-state index in [0.717, 1.165) is 49.6 Å². The maximum atomic E-state index is 12.9. The molecule has 2 N–H and O–H groups in total. The van der Waals surface area contributed by atoms with Crippen molar-refractivity contribution in [2.75, 3.05) is 19.6 Å². The van der Waals surface area contributed by atoms with Crippen LogP contribution in [-0.4, -0.2) is 79.8 Å². The van der Waals surface area contributed by atoms with E-state index in [1.165, 1.54) is 0 Å². The minimum atomic E-state index is -5.08. The molecule has 16 heteroatoms. The second-order valence-electron chi connectivity index (χ2n) is 8.11. The number of aromatic nitrogens is 2. The minimum absolute atomic E-state index is 0.167. The van der Waals surface area contributed by atoms with Gasteiger partial charge in [-0.15, -0.1) is 11.3 Å². The fourth-order valence-electron chi connectivity index (χ4n) is 3.75. The number of hydrogen-bond donors (Lipinski definition) is 2. The van der Waals surface area contributed by atoms with Gasteiger partial charge in [-0.05, 0) is 31.0 Å². The number of aliphatic carboxylic acids is 2. The van der Waals surface area contributed by atoms with Crippen LogP contribution in [0.25, 0.3) is 0 Å². The third-order valence-electron chi connectivity index (χ3n) is 5.46. The van der Waals surface area contributed by atoms with Crippen LogP contribution in [0.4, 0.5) is 26.3 Å². The van der Waals surface area contributed by atoms with Crippen LogP contribution < -0.4 is 0 Å². The lowest BCUT2D eigenvalue weighted by molar-refractivity contribution is -0.193. The summed E-state index contributed by atoms with van der Waals surface area (Å²) in [5.41, 5.74) is 0.940. The summed E-state index contributed by atoms with van der Waals surface area (Å²) in [5, 5.41) is 17.4. The van der Waals surface area contributed by atoms with Crippen molar-refractivity contribution in [1.29, 1.82) is 0 Å². The monoisotopic (exact) mass is 556 g/mol. The van der Waals surface area contributed by atoms with E-state index in [2.05, 4.69) is 14.9 Å². The topological polar surface area (TPSA) is 124 Å². The van der Waals surface area contributed by atoms with E-state index in [9.17, 15) is 31.1 Å². The number of carboxylic acid groups (broad SMARTS) is 2. The molecule has 0 bridgehead atoms. The summed E-state index contributed by atoms with van der Waals surface area (Å²) in [4.78, 5) is 43.6. The van der Waals surface area contributed by atoms with Gasteiger partial charge in [0.15, 0.2) is 0 Å². The van der Waals surface area contributed by atoms with Crippen molar-refractivity contribution in [2.45, 2.75) is 38.3 Å². The number of carboxylic acids is 2. The zero-order valence-corrected chi connectivity index (χ0v) is 19.8. The molecule has 0 radical (unpaired) electrons. The van der Waals surface area contributed by atoms with E-state index in [1.807, 2.05) is 34.8 Å². The predicted molar refractivity (Wildman–Crippen MR) is 116 cm³/mol. The van der Waals surface area contributed by atoms with Crippen LogP contribution in [-0.2, 0) is 27.5 Å². The maximum Gasteiger partial charge on any atom is 0.490 e. The van der Waals surface area contributed by atoms with E-state index in [0.29, 0.717) is 12.5 Å². The van der Waals surface area contributed by atoms with Gasteiger partial charge < -0.3 is 15.1 Å². The summed E-state index contributed by atoms with van der Waals surface area (Å²) >= 11 is 1.69. The first-order valence-electron chi connectivity index (χ1n) is 10.5. The summed E-state index contributed by atoms with van der Waals surface area (Å²) in [6.45, 7) is 4.27. The Bertz CT molecular complexity index is 1030. The Morgan fingerprint density at radius 1 is 1.00 bits per heavy atom. The number of rotatable bonds is 4. The Kier molecular flexibility index (Phi) is 9.97. The molecule has 2 fully saturated rings. The van der Waals surface area contributed by atoms with Crippen molar-refractivity contribution >= 4 is 29.2 Å². The molecule has 1 spiro atoms. The first-order chi connectivity index (χ1) is 17.1. The average molecular weight is 556 g/mol. The Morgan fingerprint density at radius 2 is 1.59 bits per heavy atom. The van der Waals surface area contributed by atoms with Crippen LogP contribution in [0.1, 0.15) is 23.4 Å². The van der Waals surface area contributed by atoms with Gasteiger partial charge in [0.1, 0.15) is 5.01 Å². The van der Waals surface area contributed by atoms with E-state index in [-0.39, 0.29) is 5.41 Å². The highest BCUT2D eigenvalue weighted by Crippen LogP contribution is 2.41. The lowest BCUT2D eigenvalue weighted by Gasteiger charge is -2.23. The second-order valence-corrected chi connectivity index (χ2v) is 9.09. The highest BCUT2D eigenvalue weighted by Gasteiger charge is 2.50. The Hall–Kier alpha value is -3.27. The van der Waals surface area contributed by atoms with Crippen LogP contribution in [0, 0.1) is 5.41 Å². The lowest BCUT2D eigenvalue weighted by atomic mass is 9.85. The number of thiazole rings is 1. The normalized spacial score (nSPS) is 19.7.